The van der Waals surface area contributed by atoms with Crippen molar-refractivity contribution in [3.05, 3.63) is 33.6 Å². The van der Waals surface area contributed by atoms with Gasteiger partial charge >= 0.3 is 0 Å². The largest absolute Gasteiger partial charge is 0.355 e. The van der Waals surface area contributed by atoms with Crippen molar-refractivity contribution in [1.29, 1.82) is 0 Å². The topological polar surface area (TPSA) is 54.9 Å². The lowest BCUT2D eigenvalue weighted by Gasteiger charge is -2.36. The van der Waals surface area contributed by atoms with Gasteiger partial charge in [0.05, 0.1) is 37.9 Å². The summed E-state index contributed by atoms with van der Waals surface area (Å²) in [4.78, 5) is 22.9. The van der Waals surface area contributed by atoms with Gasteiger partial charge in [0.1, 0.15) is 0 Å². The molecule has 1 aromatic carbocycles. The minimum Gasteiger partial charge on any atom is -0.355 e. The monoisotopic (exact) mass is 377 g/mol. The average molecular weight is 378 g/mol. The first-order chi connectivity index (χ1) is 11.8. The summed E-state index contributed by atoms with van der Waals surface area (Å²) in [6, 6.07) is 3.50. The third-order valence-corrected chi connectivity index (χ3v) is 6.89. The third kappa shape index (κ3) is 2.10. The van der Waals surface area contributed by atoms with E-state index >= 15 is 0 Å². The average Bonchev–Trinajstić information content (AvgIpc) is 2.94. The maximum absolute atomic E-state index is 13.2. The Labute approximate surface area is 157 Å². The van der Waals surface area contributed by atoms with Gasteiger partial charge in [-0.3, -0.25) is 4.79 Å². The van der Waals surface area contributed by atoms with Gasteiger partial charge in [0, 0.05) is 12.5 Å². The molecule has 0 saturated heterocycles. The molecule has 1 saturated carbocycles. The van der Waals surface area contributed by atoms with Crippen molar-refractivity contribution in [2.24, 2.45) is 5.41 Å². The van der Waals surface area contributed by atoms with Crippen LogP contribution < -0.4 is 5.32 Å². The zero-order valence-corrected chi connectivity index (χ0v) is 16.1. The Morgan fingerprint density at radius 2 is 1.88 bits per heavy atom. The van der Waals surface area contributed by atoms with Crippen LogP contribution in [-0.2, 0) is 10.2 Å². The molecule has 1 aromatic heterocycles. The molecule has 0 radical (unpaired) electrons. The molecule has 2 unspecified atom stereocenters. The van der Waals surface area contributed by atoms with Crippen LogP contribution in [0.15, 0.2) is 12.1 Å². The van der Waals surface area contributed by atoms with Crippen LogP contribution in [-0.4, -0.2) is 22.4 Å². The highest BCUT2D eigenvalue weighted by Gasteiger charge is 2.67. The molecule has 25 heavy (non-hydrogen) atoms. The number of nitrogens with zero attached hydrogens (tertiary/aromatic N) is 2. The Hall–Kier alpha value is -1.39. The van der Waals surface area contributed by atoms with Gasteiger partial charge in [0.15, 0.2) is 0 Å². The first-order valence-electron chi connectivity index (χ1n) is 8.78. The highest BCUT2D eigenvalue weighted by atomic mass is 35.5. The van der Waals surface area contributed by atoms with E-state index < -0.39 is 5.41 Å². The van der Waals surface area contributed by atoms with Crippen molar-refractivity contribution < 1.29 is 4.79 Å². The van der Waals surface area contributed by atoms with Gasteiger partial charge in [-0.1, -0.05) is 44.0 Å². The summed E-state index contributed by atoms with van der Waals surface area (Å²) in [6.45, 7) is 7.08. The van der Waals surface area contributed by atoms with Crippen molar-refractivity contribution in [1.82, 2.24) is 15.3 Å². The fourth-order valence-electron chi connectivity index (χ4n) is 4.77. The summed E-state index contributed by atoms with van der Waals surface area (Å²) in [6.07, 6.45) is 2.69. The van der Waals surface area contributed by atoms with E-state index in [1.165, 1.54) is 0 Å². The minimum absolute atomic E-state index is 0.0781. The molecule has 1 N–H and O–H groups in total. The molecule has 2 aliphatic rings. The first kappa shape index (κ1) is 17.0. The molecule has 4 nitrogen and oxygen atoms in total. The van der Waals surface area contributed by atoms with Gasteiger partial charge in [0.2, 0.25) is 5.91 Å². The molecule has 6 heteroatoms. The molecule has 1 amide bonds. The van der Waals surface area contributed by atoms with Crippen LogP contribution in [0.1, 0.15) is 57.3 Å². The molecule has 0 aliphatic heterocycles. The third-order valence-electron chi connectivity index (χ3n) is 6.17. The Balaban J connectivity index is 1.94. The predicted molar refractivity (Wildman–Crippen MR) is 100 cm³/mol. The number of halogens is 2. The van der Waals surface area contributed by atoms with Gasteiger partial charge < -0.3 is 5.32 Å². The van der Waals surface area contributed by atoms with E-state index in [1.807, 2.05) is 0 Å². The van der Waals surface area contributed by atoms with E-state index in [0.717, 1.165) is 36.2 Å². The number of fused-ring (bicyclic) bond motifs is 6. The molecular formula is C19H21Cl2N3O. The van der Waals surface area contributed by atoms with Crippen LogP contribution in [0.4, 0.5) is 0 Å². The Kier molecular flexibility index (Phi) is 3.79. The van der Waals surface area contributed by atoms with Crippen molar-refractivity contribution >= 4 is 40.1 Å². The van der Waals surface area contributed by atoms with E-state index in [0.29, 0.717) is 22.1 Å². The molecule has 132 valence electrons. The standard InChI is InChI=1S/C19H21Cl2N3O/c1-4-7-22-17(25)19-6-5-10(18(19,2)3)15-16(19)24-14-9-12(21)11(20)8-13(14)23-15/h8-10H,4-7H2,1-3H3,(H,22,25). The van der Waals surface area contributed by atoms with Gasteiger partial charge in [-0.25, -0.2) is 9.97 Å². The number of rotatable bonds is 3. The molecule has 1 fully saturated rings. The van der Waals surface area contributed by atoms with Crippen molar-refractivity contribution in [3.8, 4) is 0 Å². The molecule has 4 rings (SSSR count). The smallest absolute Gasteiger partial charge is 0.232 e. The van der Waals surface area contributed by atoms with Crippen molar-refractivity contribution in [2.75, 3.05) is 6.54 Å². The number of benzene rings is 1. The fourth-order valence-corrected chi connectivity index (χ4v) is 5.08. The summed E-state index contributed by atoms with van der Waals surface area (Å²) in [7, 11) is 0. The molecule has 2 aliphatic carbocycles. The second-order valence-corrected chi connectivity index (χ2v) is 8.50. The highest BCUT2D eigenvalue weighted by molar-refractivity contribution is 6.42. The quantitative estimate of drug-likeness (QED) is 0.848. The van der Waals surface area contributed by atoms with Crippen LogP contribution in [0.25, 0.3) is 11.0 Å². The fraction of sp³-hybridized carbons (Fsp3) is 0.526. The maximum Gasteiger partial charge on any atom is 0.232 e. The second kappa shape index (κ2) is 5.55. The van der Waals surface area contributed by atoms with Crippen LogP contribution >= 0.6 is 23.2 Å². The predicted octanol–water partition coefficient (Wildman–Crippen LogP) is 4.62. The van der Waals surface area contributed by atoms with Crippen LogP contribution in [0, 0.1) is 5.41 Å². The van der Waals surface area contributed by atoms with E-state index in [9.17, 15) is 4.79 Å². The van der Waals surface area contributed by atoms with Crippen molar-refractivity contribution in [2.45, 2.75) is 51.4 Å². The summed E-state index contributed by atoms with van der Waals surface area (Å²) in [5, 5.41) is 4.03. The van der Waals surface area contributed by atoms with E-state index in [1.54, 1.807) is 12.1 Å². The van der Waals surface area contributed by atoms with Crippen molar-refractivity contribution in [3.63, 3.8) is 0 Å². The maximum atomic E-state index is 13.2. The van der Waals surface area contributed by atoms with E-state index in [-0.39, 0.29) is 17.2 Å². The van der Waals surface area contributed by atoms with E-state index in [4.69, 9.17) is 33.2 Å². The number of nitrogens with one attached hydrogen (secondary N) is 1. The highest BCUT2D eigenvalue weighted by Crippen LogP contribution is 2.67. The van der Waals surface area contributed by atoms with Crippen LogP contribution in [0.5, 0.6) is 0 Å². The number of amides is 1. The lowest BCUT2D eigenvalue weighted by molar-refractivity contribution is -0.129. The molecule has 1 heterocycles. The second-order valence-electron chi connectivity index (χ2n) is 7.69. The zero-order chi connectivity index (χ0) is 18.0. The Bertz CT molecular complexity index is 896. The first-order valence-corrected chi connectivity index (χ1v) is 9.54. The normalized spacial score (nSPS) is 26.0. The van der Waals surface area contributed by atoms with Gasteiger partial charge in [0.25, 0.3) is 0 Å². The van der Waals surface area contributed by atoms with Gasteiger partial charge in [-0.2, -0.15) is 0 Å². The lowest BCUT2D eigenvalue weighted by atomic mass is 9.67. The molecule has 0 spiro atoms. The number of aromatic nitrogens is 2. The number of hydrogen-bond donors (Lipinski definition) is 1. The Morgan fingerprint density at radius 3 is 2.52 bits per heavy atom. The van der Waals surface area contributed by atoms with Gasteiger partial charge in [-0.05, 0) is 36.8 Å². The van der Waals surface area contributed by atoms with Gasteiger partial charge in [-0.15, -0.1) is 0 Å². The molecular weight excluding hydrogens is 357 g/mol. The summed E-state index contributed by atoms with van der Waals surface area (Å²) >= 11 is 12.3. The molecule has 2 bridgehead atoms. The number of carbonyl (C=O) groups is 1. The summed E-state index contributed by atoms with van der Waals surface area (Å²) in [5.41, 5.74) is 2.38. The van der Waals surface area contributed by atoms with E-state index in [2.05, 4.69) is 26.1 Å². The number of hydrogen-bond acceptors (Lipinski definition) is 3. The van der Waals surface area contributed by atoms with Crippen LogP contribution in [0.2, 0.25) is 10.0 Å². The summed E-state index contributed by atoms with van der Waals surface area (Å²) < 4.78 is 0. The zero-order valence-electron chi connectivity index (χ0n) is 14.6. The minimum atomic E-state index is -0.616. The summed E-state index contributed by atoms with van der Waals surface area (Å²) in [5.74, 6) is 0.315. The molecule has 2 aromatic rings. The number of carbonyl (C=O) groups excluding carboxylic acids is 1. The Morgan fingerprint density at radius 1 is 1.24 bits per heavy atom. The SMILES string of the molecule is CCCNC(=O)C12CCC(c3nc4cc(Cl)c(Cl)cc4nc31)C2(C)C. The lowest BCUT2D eigenvalue weighted by Crippen LogP contribution is -2.50. The van der Waals surface area contributed by atoms with Crippen LogP contribution in [0.3, 0.4) is 0 Å². The molecule has 2 atom stereocenters.